The van der Waals surface area contributed by atoms with Gasteiger partial charge in [0, 0.05) is 43.3 Å². The second-order valence-electron chi connectivity index (χ2n) is 5.58. The number of carbonyl (C=O) groups is 2. The van der Waals surface area contributed by atoms with E-state index in [1.807, 2.05) is 6.92 Å². The molecule has 4 N–H and O–H groups in total. The third kappa shape index (κ3) is 8.09. The van der Waals surface area contributed by atoms with Crippen LogP contribution < -0.4 is 10.6 Å². The van der Waals surface area contributed by atoms with E-state index in [0.717, 1.165) is 24.5 Å². The molecule has 8 heteroatoms. The highest BCUT2D eigenvalue weighted by Crippen LogP contribution is 2.05. The van der Waals surface area contributed by atoms with Gasteiger partial charge in [0.25, 0.3) is 0 Å². The van der Waals surface area contributed by atoms with Gasteiger partial charge in [-0.1, -0.05) is 13.2 Å². The summed E-state index contributed by atoms with van der Waals surface area (Å²) in [5, 5.41) is 5.45. The van der Waals surface area contributed by atoms with Crippen molar-refractivity contribution < 1.29 is 9.59 Å². The molecule has 0 spiro atoms. The van der Waals surface area contributed by atoms with Crippen molar-refractivity contribution in [3.05, 3.63) is 61.2 Å². The molecule has 0 aromatic carbocycles. The topological polar surface area (TPSA) is 116 Å². The summed E-state index contributed by atoms with van der Waals surface area (Å²) in [7, 11) is 0. The lowest BCUT2D eigenvalue weighted by Gasteiger charge is -2.10. The molecular formula is C18H26N6O2. The molecule has 0 saturated carbocycles. The van der Waals surface area contributed by atoms with Crippen molar-refractivity contribution >= 4 is 11.8 Å². The third-order valence-corrected chi connectivity index (χ3v) is 3.29. The number of hydrogen-bond donors (Lipinski definition) is 4. The first kappa shape index (κ1) is 20.9. The number of aryl methyl sites for hydroxylation is 1. The SMILES string of the molecule is C=C(C)C(=O)NC(C)c1ncc[nH]1.C=CC(=O)NCCCc1ncc[nH]1. The number of aromatic amines is 2. The summed E-state index contributed by atoms with van der Waals surface area (Å²) >= 11 is 0. The standard InChI is InChI=1S/2C9H13N3O/c1-6(2)9(13)12-7(3)8-10-4-5-11-8;1-2-9(13)12-5-3-4-8-10-6-7-11-8/h4-5,7H,1H2,2-3H3,(H,10,11)(H,12,13);2,6-7H,1,3-5H2,(H,10,11)(H,12,13). The number of amides is 2. The minimum atomic E-state index is -0.149. The number of aromatic nitrogens is 4. The molecule has 2 aromatic heterocycles. The molecule has 0 radical (unpaired) electrons. The Labute approximate surface area is 153 Å². The zero-order valence-corrected chi connectivity index (χ0v) is 15.2. The van der Waals surface area contributed by atoms with Gasteiger partial charge in [0.15, 0.2) is 0 Å². The summed E-state index contributed by atoms with van der Waals surface area (Å²) in [5.74, 6) is 1.42. The normalized spacial score (nSPS) is 10.8. The Hall–Kier alpha value is -3.16. The van der Waals surface area contributed by atoms with Crippen molar-refractivity contribution in [3.8, 4) is 0 Å². The maximum Gasteiger partial charge on any atom is 0.246 e. The van der Waals surface area contributed by atoms with Crippen LogP contribution in [0.5, 0.6) is 0 Å². The van der Waals surface area contributed by atoms with Crippen molar-refractivity contribution in [2.24, 2.45) is 0 Å². The van der Waals surface area contributed by atoms with Crippen LogP contribution in [-0.2, 0) is 16.0 Å². The summed E-state index contributed by atoms with van der Waals surface area (Å²) in [5.41, 5.74) is 0.499. The molecule has 0 aliphatic rings. The Kier molecular flexibility index (Phi) is 9.16. The smallest absolute Gasteiger partial charge is 0.246 e. The zero-order chi connectivity index (χ0) is 19.4. The van der Waals surface area contributed by atoms with Gasteiger partial charge in [0.05, 0.1) is 6.04 Å². The maximum atomic E-state index is 11.2. The van der Waals surface area contributed by atoms with Crippen LogP contribution in [0.15, 0.2) is 49.6 Å². The molecule has 2 aromatic rings. The van der Waals surface area contributed by atoms with E-state index in [-0.39, 0.29) is 17.9 Å². The van der Waals surface area contributed by atoms with Crippen LogP contribution >= 0.6 is 0 Å². The molecular weight excluding hydrogens is 332 g/mol. The number of hydrogen-bond acceptors (Lipinski definition) is 4. The van der Waals surface area contributed by atoms with Crippen LogP contribution in [-0.4, -0.2) is 38.3 Å². The summed E-state index contributed by atoms with van der Waals surface area (Å²) in [6.07, 6.45) is 9.89. The molecule has 0 saturated heterocycles. The van der Waals surface area contributed by atoms with Gasteiger partial charge >= 0.3 is 0 Å². The van der Waals surface area contributed by atoms with E-state index in [4.69, 9.17) is 0 Å². The molecule has 0 aliphatic carbocycles. The van der Waals surface area contributed by atoms with Gasteiger partial charge in [0.1, 0.15) is 11.6 Å². The number of H-pyrrole nitrogens is 2. The highest BCUT2D eigenvalue weighted by Gasteiger charge is 2.10. The minimum absolute atomic E-state index is 0.112. The molecule has 2 rings (SSSR count). The van der Waals surface area contributed by atoms with E-state index in [9.17, 15) is 9.59 Å². The fourth-order valence-electron chi connectivity index (χ4n) is 1.88. The van der Waals surface area contributed by atoms with Crippen LogP contribution in [0.25, 0.3) is 0 Å². The van der Waals surface area contributed by atoms with Crippen molar-refractivity contribution in [1.82, 2.24) is 30.6 Å². The Balaban J connectivity index is 0.000000260. The molecule has 8 nitrogen and oxygen atoms in total. The lowest BCUT2D eigenvalue weighted by molar-refractivity contribution is -0.118. The van der Waals surface area contributed by atoms with Crippen LogP contribution in [0, 0.1) is 0 Å². The lowest BCUT2D eigenvalue weighted by atomic mass is 10.2. The largest absolute Gasteiger partial charge is 0.353 e. The molecule has 26 heavy (non-hydrogen) atoms. The molecule has 0 bridgehead atoms. The monoisotopic (exact) mass is 358 g/mol. The number of nitrogens with one attached hydrogen (secondary N) is 4. The molecule has 0 fully saturated rings. The van der Waals surface area contributed by atoms with Crippen molar-refractivity contribution in [1.29, 1.82) is 0 Å². The fourth-order valence-corrected chi connectivity index (χ4v) is 1.88. The second-order valence-corrected chi connectivity index (χ2v) is 5.58. The fraction of sp³-hybridized carbons (Fsp3) is 0.333. The first-order valence-corrected chi connectivity index (χ1v) is 8.28. The first-order chi connectivity index (χ1) is 12.4. The van der Waals surface area contributed by atoms with Gasteiger partial charge in [-0.25, -0.2) is 9.97 Å². The summed E-state index contributed by atoms with van der Waals surface area (Å²) in [6.45, 7) is 11.1. The molecule has 0 aliphatic heterocycles. The molecule has 1 atom stereocenters. The van der Waals surface area contributed by atoms with Crippen LogP contribution in [0.3, 0.4) is 0 Å². The quantitative estimate of drug-likeness (QED) is 0.425. The first-order valence-electron chi connectivity index (χ1n) is 8.28. The lowest BCUT2D eigenvalue weighted by Crippen LogP contribution is -2.27. The van der Waals surface area contributed by atoms with E-state index >= 15 is 0 Å². The predicted molar refractivity (Wildman–Crippen MR) is 100 cm³/mol. The Morgan fingerprint density at radius 3 is 2.50 bits per heavy atom. The zero-order valence-electron chi connectivity index (χ0n) is 15.2. The van der Waals surface area contributed by atoms with Gasteiger partial charge in [-0.3, -0.25) is 9.59 Å². The van der Waals surface area contributed by atoms with Gasteiger partial charge in [-0.05, 0) is 26.3 Å². The minimum Gasteiger partial charge on any atom is -0.353 e. The molecule has 2 heterocycles. The van der Waals surface area contributed by atoms with Crippen LogP contribution in [0.1, 0.15) is 38.0 Å². The van der Waals surface area contributed by atoms with Gasteiger partial charge in [0.2, 0.25) is 11.8 Å². The van der Waals surface area contributed by atoms with Crippen LogP contribution in [0.2, 0.25) is 0 Å². The highest BCUT2D eigenvalue weighted by molar-refractivity contribution is 5.92. The highest BCUT2D eigenvalue weighted by atomic mass is 16.2. The van der Waals surface area contributed by atoms with Gasteiger partial charge in [-0.2, -0.15) is 0 Å². The Morgan fingerprint density at radius 1 is 1.27 bits per heavy atom. The van der Waals surface area contributed by atoms with Crippen LogP contribution in [0.4, 0.5) is 0 Å². The Bertz CT molecular complexity index is 691. The molecule has 1 unspecified atom stereocenters. The average molecular weight is 358 g/mol. The third-order valence-electron chi connectivity index (χ3n) is 3.29. The number of carbonyl (C=O) groups excluding carboxylic acids is 2. The second kappa shape index (κ2) is 11.4. The maximum absolute atomic E-state index is 11.2. The summed E-state index contributed by atoms with van der Waals surface area (Å²) in [6, 6.07) is -0.112. The van der Waals surface area contributed by atoms with Gasteiger partial charge < -0.3 is 20.6 Å². The van der Waals surface area contributed by atoms with E-state index < -0.39 is 0 Å². The van der Waals surface area contributed by atoms with E-state index in [0.29, 0.717) is 12.1 Å². The summed E-state index contributed by atoms with van der Waals surface area (Å²) in [4.78, 5) is 35.9. The van der Waals surface area contributed by atoms with Crippen molar-refractivity contribution in [2.45, 2.75) is 32.7 Å². The van der Waals surface area contributed by atoms with E-state index in [1.54, 1.807) is 31.7 Å². The van der Waals surface area contributed by atoms with E-state index in [2.05, 4.69) is 43.7 Å². The average Bonchev–Trinajstić information content (AvgIpc) is 3.32. The van der Waals surface area contributed by atoms with Crippen molar-refractivity contribution in [2.75, 3.05) is 6.54 Å². The number of nitrogens with zero attached hydrogens (tertiary/aromatic N) is 2. The molecule has 2 amide bonds. The number of imidazole rings is 2. The van der Waals surface area contributed by atoms with Crippen molar-refractivity contribution in [3.63, 3.8) is 0 Å². The van der Waals surface area contributed by atoms with Gasteiger partial charge in [-0.15, -0.1) is 0 Å². The van der Waals surface area contributed by atoms with E-state index in [1.165, 1.54) is 6.08 Å². The molecule has 140 valence electrons. The summed E-state index contributed by atoms with van der Waals surface area (Å²) < 4.78 is 0. The Morgan fingerprint density at radius 2 is 1.96 bits per heavy atom. The number of rotatable bonds is 8. The predicted octanol–water partition coefficient (Wildman–Crippen LogP) is 1.81.